The number of nitrogens with zero attached hydrogens (tertiary/aromatic N) is 2. The number of hydrogen-bond donors (Lipinski definition) is 2. The Bertz CT molecular complexity index is 644. The maximum absolute atomic E-state index is 7.43. The highest BCUT2D eigenvalue weighted by Crippen LogP contribution is 2.29. The van der Waals surface area contributed by atoms with Crippen LogP contribution < -0.4 is 5.73 Å². The van der Waals surface area contributed by atoms with E-state index in [0.717, 1.165) is 29.1 Å². The van der Waals surface area contributed by atoms with Crippen LogP contribution in [0.25, 0.3) is 0 Å². The van der Waals surface area contributed by atoms with Gasteiger partial charge in [-0.3, -0.25) is 15.4 Å². The Kier molecular flexibility index (Phi) is 2.41. The zero-order chi connectivity index (χ0) is 12.5. The predicted octanol–water partition coefficient (Wildman–Crippen LogP) is 2.04. The maximum atomic E-state index is 7.43. The van der Waals surface area contributed by atoms with Gasteiger partial charge in [-0.05, 0) is 23.8 Å². The van der Waals surface area contributed by atoms with E-state index in [-0.39, 0.29) is 5.84 Å². The molecule has 0 bridgehead atoms. The van der Waals surface area contributed by atoms with Gasteiger partial charge in [0, 0.05) is 18.2 Å². The summed E-state index contributed by atoms with van der Waals surface area (Å²) in [5.41, 5.74) is 10.1. The zero-order valence-corrected chi connectivity index (χ0v) is 9.72. The van der Waals surface area contributed by atoms with Crippen LogP contribution in [0.2, 0.25) is 0 Å². The lowest BCUT2D eigenvalue weighted by molar-refractivity contribution is 1.26. The highest BCUT2D eigenvalue weighted by Gasteiger charge is 2.17. The van der Waals surface area contributed by atoms with Crippen molar-refractivity contribution >= 4 is 17.2 Å². The molecule has 4 heteroatoms. The molecule has 2 aromatic rings. The molecule has 2 heterocycles. The summed E-state index contributed by atoms with van der Waals surface area (Å²) in [5.74, 6) is 0.0688. The number of fused-ring (bicyclic) bond motifs is 1. The average Bonchev–Trinajstić information content (AvgIpc) is 2.82. The highest BCUT2D eigenvalue weighted by atomic mass is 14.8. The molecule has 4 nitrogen and oxygen atoms in total. The van der Waals surface area contributed by atoms with Crippen LogP contribution in [0.3, 0.4) is 0 Å². The quantitative estimate of drug-likeness (QED) is 0.618. The van der Waals surface area contributed by atoms with E-state index in [1.165, 1.54) is 0 Å². The molecule has 1 aliphatic heterocycles. The van der Waals surface area contributed by atoms with Crippen LogP contribution in [0.1, 0.15) is 16.8 Å². The number of hydrogen-bond acceptors (Lipinski definition) is 3. The topological polar surface area (TPSA) is 75.1 Å². The van der Waals surface area contributed by atoms with Crippen molar-refractivity contribution in [1.29, 1.82) is 5.41 Å². The number of nitrogen functional groups attached to an aromatic ring is 1. The van der Waals surface area contributed by atoms with E-state index in [4.69, 9.17) is 11.1 Å². The van der Waals surface area contributed by atoms with Crippen LogP contribution in [0.4, 0.5) is 5.69 Å². The molecule has 0 aliphatic carbocycles. The van der Waals surface area contributed by atoms with Gasteiger partial charge in [0.1, 0.15) is 5.84 Å². The van der Waals surface area contributed by atoms with Crippen LogP contribution in [-0.4, -0.2) is 16.5 Å². The lowest BCUT2D eigenvalue weighted by atomic mass is 10.1. The molecule has 1 aromatic heterocycles. The second-order valence-corrected chi connectivity index (χ2v) is 4.21. The fourth-order valence-electron chi connectivity index (χ4n) is 2.03. The number of aliphatic imine (C=N–C) groups is 1. The third kappa shape index (κ3) is 1.78. The molecule has 0 spiro atoms. The van der Waals surface area contributed by atoms with Gasteiger partial charge in [0.15, 0.2) is 0 Å². The summed E-state index contributed by atoms with van der Waals surface area (Å²) in [6.45, 7) is 0. The fraction of sp³-hybridized carbons (Fsp3) is 0.0714. The van der Waals surface area contributed by atoms with Gasteiger partial charge in [0.05, 0.1) is 17.1 Å². The van der Waals surface area contributed by atoms with Crippen molar-refractivity contribution in [3.8, 4) is 0 Å². The van der Waals surface area contributed by atoms with Crippen molar-refractivity contribution in [3.05, 3.63) is 59.4 Å². The van der Waals surface area contributed by atoms with Gasteiger partial charge >= 0.3 is 0 Å². The van der Waals surface area contributed by atoms with Gasteiger partial charge in [0.2, 0.25) is 0 Å². The number of amidine groups is 1. The van der Waals surface area contributed by atoms with Crippen LogP contribution in [0.5, 0.6) is 0 Å². The van der Waals surface area contributed by atoms with E-state index >= 15 is 0 Å². The van der Waals surface area contributed by atoms with Crippen molar-refractivity contribution in [2.24, 2.45) is 10.7 Å². The molecule has 0 radical (unpaired) electrons. The van der Waals surface area contributed by atoms with Crippen molar-refractivity contribution in [2.45, 2.75) is 6.42 Å². The van der Waals surface area contributed by atoms with E-state index in [2.05, 4.69) is 9.98 Å². The smallest absolute Gasteiger partial charge is 0.122 e. The van der Waals surface area contributed by atoms with Crippen molar-refractivity contribution in [3.63, 3.8) is 0 Å². The number of nitrogens with two attached hydrogens (primary N) is 1. The summed E-state index contributed by atoms with van der Waals surface area (Å²) >= 11 is 0. The predicted molar refractivity (Wildman–Crippen MR) is 71.6 cm³/mol. The molecule has 0 saturated carbocycles. The Labute approximate surface area is 105 Å². The summed E-state index contributed by atoms with van der Waals surface area (Å²) in [7, 11) is 0. The lowest BCUT2D eigenvalue weighted by Gasteiger charge is -2.00. The van der Waals surface area contributed by atoms with Crippen LogP contribution in [0, 0.1) is 5.41 Å². The fourth-order valence-corrected chi connectivity index (χ4v) is 2.03. The third-order valence-corrected chi connectivity index (χ3v) is 2.97. The molecular weight excluding hydrogens is 224 g/mol. The van der Waals surface area contributed by atoms with Gasteiger partial charge in [-0.15, -0.1) is 0 Å². The first-order valence-electron chi connectivity index (χ1n) is 5.70. The van der Waals surface area contributed by atoms with Gasteiger partial charge in [-0.1, -0.05) is 18.2 Å². The molecule has 3 rings (SSSR count). The van der Waals surface area contributed by atoms with E-state index in [1.54, 1.807) is 6.20 Å². The minimum absolute atomic E-state index is 0.0688. The summed E-state index contributed by atoms with van der Waals surface area (Å²) in [5, 5.41) is 7.43. The largest absolute Gasteiger partial charge is 0.384 e. The maximum Gasteiger partial charge on any atom is 0.122 e. The molecule has 88 valence electrons. The summed E-state index contributed by atoms with van der Waals surface area (Å²) in [6, 6.07) is 11.5. The second-order valence-electron chi connectivity index (χ2n) is 4.21. The first kappa shape index (κ1) is 10.7. The number of nitrogens with one attached hydrogen (secondary N) is 1. The summed E-state index contributed by atoms with van der Waals surface area (Å²) in [6.07, 6.45) is 2.55. The first-order valence-corrected chi connectivity index (χ1v) is 5.70. The normalized spacial score (nSPS) is 13.0. The van der Waals surface area contributed by atoms with Gasteiger partial charge in [0.25, 0.3) is 0 Å². The van der Waals surface area contributed by atoms with Crippen LogP contribution in [-0.2, 0) is 6.42 Å². The molecule has 18 heavy (non-hydrogen) atoms. The number of aromatic nitrogens is 1. The first-order chi connectivity index (χ1) is 8.74. The Morgan fingerprint density at radius 1 is 1.22 bits per heavy atom. The van der Waals surface area contributed by atoms with E-state index in [1.807, 2.05) is 36.4 Å². The standard InChI is InChI=1S/C14H12N4/c15-14(16)10-5-4-9-7-13(18-12(9)8-10)11-3-1-2-6-17-11/h1-6,8H,7H2,(H3,15,16). The zero-order valence-electron chi connectivity index (χ0n) is 9.72. The van der Waals surface area contributed by atoms with E-state index in [9.17, 15) is 0 Å². The lowest BCUT2D eigenvalue weighted by Crippen LogP contribution is -2.10. The molecule has 1 aromatic carbocycles. The number of pyridine rings is 1. The SMILES string of the molecule is N=C(N)c1ccc2c(c1)N=C(c1ccccn1)C2. The Morgan fingerprint density at radius 2 is 2.11 bits per heavy atom. The Hall–Kier alpha value is -2.49. The van der Waals surface area contributed by atoms with Crippen molar-refractivity contribution in [2.75, 3.05) is 0 Å². The van der Waals surface area contributed by atoms with E-state index < -0.39 is 0 Å². The molecule has 0 atom stereocenters. The summed E-state index contributed by atoms with van der Waals surface area (Å²) in [4.78, 5) is 8.87. The Morgan fingerprint density at radius 3 is 2.83 bits per heavy atom. The van der Waals surface area contributed by atoms with E-state index in [0.29, 0.717) is 5.56 Å². The summed E-state index contributed by atoms with van der Waals surface area (Å²) < 4.78 is 0. The van der Waals surface area contributed by atoms with Crippen molar-refractivity contribution in [1.82, 2.24) is 4.98 Å². The minimum Gasteiger partial charge on any atom is -0.384 e. The monoisotopic (exact) mass is 236 g/mol. The molecular formula is C14H12N4. The third-order valence-electron chi connectivity index (χ3n) is 2.97. The average molecular weight is 236 g/mol. The Balaban J connectivity index is 2.00. The van der Waals surface area contributed by atoms with Gasteiger partial charge in [-0.25, -0.2) is 0 Å². The molecule has 3 N–H and O–H groups in total. The molecule has 1 aliphatic rings. The second kappa shape index (κ2) is 4.07. The van der Waals surface area contributed by atoms with Gasteiger partial charge < -0.3 is 5.73 Å². The molecule has 0 amide bonds. The minimum atomic E-state index is 0.0688. The van der Waals surface area contributed by atoms with Crippen LogP contribution in [0.15, 0.2) is 47.6 Å². The number of benzene rings is 1. The molecule has 0 fully saturated rings. The molecule has 0 unspecified atom stereocenters. The van der Waals surface area contributed by atoms with Crippen LogP contribution >= 0.6 is 0 Å². The molecule has 0 saturated heterocycles. The van der Waals surface area contributed by atoms with Crippen molar-refractivity contribution < 1.29 is 0 Å². The number of rotatable bonds is 2. The van der Waals surface area contributed by atoms with Gasteiger partial charge in [-0.2, -0.15) is 0 Å². The highest BCUT2D eigenvalue weighted by molar-refractivity contribution is 6.06.